The number of benzene rings is 1. The van der Waals surface area contributed by atoms with Gasteiger partial charge in [-0.1, -0.05) is 28.1 Å². The summed E-state index contributed by atoms with van der Waals surface area (Å²) >= 11 is 3.29. The predicted octanol–water partition coefficient (Wildman–Crippen LogP) is 2.90. The first-order valence-electron chi connectivity index (χ1n) is 5.61. The molecule has 6 heteroatoms. The number of furan rings is 1. The minimum atomic E-state index is -1.23. The third-order valence-electron chi connectivity index (χ3n) is 2.38. The van der Waals surface area contributed by atoms with Gasteiger partial charge >= 0.3 is 5.97 Å². The van der Waals surface area contributed by atoms with Crippen molar-refractivity contribution < 1.29 is 19.1 Å². The van der Waals surface area contributed by atoms with E-state index in [2.05, 4.69) is 21.2 Å². The molecule has 0 aliphatic heterocycles. The molecule has 0 radical (unpaired) electrons. The van der Waals surface area contributed by atoms with Crippen LogP contribution in [0.2, 0.25) is 0 Å². The molecule has 0 bridgehead atoms. The van der Waals surface area contributed by atoms with Gasteiger partial charge in [-0.3, -0.25) is 4.79 Å². The Morgan fingerprint density at radius 3 is 2.65 bits per heavy atom. The molecule has 20 heavy (non-hydrogen) atoms. The third kappa shape index (κ3) is 3.58. The highest BCUT2D eigenvalue weighted by Gasteiger charge is 2.15. The number of halogens is 1. The van der Waals surface area contributed by atoms with Crippen LogP contribution in [0, 0.1) is 0 Å². The number of carbonyl (C=O) groups excluding carboxylic acids is 1. The molecule has 0 fully saturated rings. The molecule has 0 saturated heterocycles. The number of hydrogen-bond acceptors (Lipinski definition) is 3. The number of carbonyl (C=O) groups is 2. The Hall–Kier alpha value is -2.34. The second-order valence-corrected chi connectivity index (χ2v) is 4.77. The van der Waals surface area contributed by atoms with Crippen molar-refractivity contribution in [2.24, 2.45) is 0 Å². The SMILES string of the molecule is O=C(O)C(=Cc1cccc(Br)c1)NC(=O)c1ccco1. The van der Waals surface area contributed by atoms with Crippen LogP contribution in [0.5, 0.6) is 0 Å². The number of nitrogens with one attached hydrogen (secondary N) is 1. The molecule has 2 aromatic rings. The molecule has 1 amide bonds. The van der Waals surface area contributed by atoms with E-state index in [1.54, 1.807) is 24.3 Å². The van der Waals surface area contributed by atoms with E-state index in [9.17, 15) is 9.59 Å². The molecule has 0 unspecified atom stereocenters. The van der Waals surface area contributed by atoms with Crippen LogP contribution in [0.15, 0.2) is 57.2 Å². The topological polar surface area (TPSA) is 79.5 Å². The van der Waals surface area contributed by atoms with E-state index in [0.717, 1.165) is 4.47 Å². The fourth-order valence-corrected chi connectivity index (χ4v) is 1.92. The average molecular weight is 336 g/mol. The molecular weight excluding hydrogens is 326 g/mol. The molecule has 0 aliphatic carbocycles. The largest absolute Gasteiger partial charge is 0.477 e. The van der Waals surface area contributed by atoms with Crippen LogP contribution in [-0.2, 0) is 4.79 Å². The van der Waals surface area contributed by atoms with Crippen molar-refractivity contribution in [2.75, 3.05) is 0 Å². The van der Waals surface area contributed by atoms with Gasteiger partial charge in [0.15, 0.2) is 5.76 Å². The minimum Gasteiger partial charge on any atom is -0.477 e. The monoisotopic (exact) mass is 335 g/mol. The highest BCUT2D eigenvalue weighted by Crippen LogP contribution is 2.14. The summed E-state index contributed by atoms with van der Waals surface area (Å²) in [4.78, 5) is 22.9. The van der Waals surface area contributed by atoms with Gasteiger partial charge in [0, 0.05) is 4.47 Å². The van der Waals surface area contributed by atoms with Gasteiger partial charge < -0.3 is 14.8 Å². The molecule has 102 valence electrons. The van der Waals surface area contributed by atoms with Crippen LogP contribution in [0.3, 0.4) is 0 Å². The van der Waals surface area contributed by atoms with Gasteiger partial charge in [-0.05, 0) is 35.9 Å². The van der Waals surface area contributed by atoms with Gasteiger partial charge in [-0.25, -0.2) is 4.79 Å². The molecular formula is C14H10BrNO4. The van der Waals surface area contributed by atoms with E-state index in [4.69, 9.17) is 9.52 Å². The van der Waals surface area contributed by atoms with Crippen LogP contribution >= 0.6 is 15.9 Å². The Kier molecular flexibility index (Phi) is 4.37. The Balaban J connectivity index is 2.23. The zero-order valence-electron chi connectivity index (χ0n) is 10.2. The Morgan fingerprint density at radius 2 is 2.05 bits per heavy atom. The second-order valence-electron chi connectivity index (χ2n) is 3.85. The molecule has 0 atom stereocenters. The lowest BCUT2D eigenvalue weighted by molar-refractivity contribution is -0.132. The standard InChI is InChI=1S/C14H10BrNO4/c15-10-4-1-3-9(7-10)8-11(14(18)19)16-13(17)12-5-2-6-20-12/h1-8H,(H,16,17)(H,18,19). The first kappa shape index (κ1) is 14.1. The fraction of sp³-hybridized carbons (Fsp3) is 0. The first-order valence-corrected chi connectivity index (χ1v) is 6.41. The maximum Gasteiger partial charge on any atom is 0.352 e. The van der Waals surface area contributed by atoms with E-state index in [1.807, 2.05) is 6.07 Å². The van der Waals surface area contributed by atoms with Crippen molar-refractivity contribution >= 4 is 33.9 Å². The molecule has 1 aromatic heterocycles. The average Bonchev–Trinajstić information content (AvgIpc) is 2.91. The van der Waals surface area contributed by atoms with E-state index >= 15 is 0 Å². The van der Waals surface area contributed by atoms with Crippen molar-refractivity contribution in [2.45, 2.75) is 0 Å². The number of aliphatic carboxylic acids is 1. The highest BCUT2D eigenvalue weighted by atomic mass is 79.9. The van der Waals surface area contributed by atoms with Crippen molar-refractivity contribution in [1.82, 2.24) is 5.32 Å². The lowest BCUT2D eigenvalue weighted by Gasteiger charge is -2.04. The molecule has 0 saturated carbocycles. The van der Waals surface area contributed by atoms with Gasteiger partial charge in [-0.2, -0.15) is 0 Å². The zero-order chi connectivity index (χ0) is 14.5. The van der Waals surface area contributed by atoms with Crippen LogP contribution in [0.4, 0.5) is 0 Å². The summed E-state index contributed by atoms with van der Waals surface area (Å²) in [7, 11) is 0. The summed E-state index contributed by atoms with van der Waals surface area (Å²) in [6.45, 7) is 0. The van der Waals surface area contributed by atoms with Crippen LogP contribution < -0.4 is 5.32 Å². The Bertz CT molecular complexity index is 662. The van der Waals surface area contributed by atoms with Crippen molar-refractivity contribution in [3.63, 3.8) is 0 Å². The number of carboxylic acid groups (broad SMARTS) is 1. The summed E-state index contributed by atoms with van der Waals surface area (Å²) < 4.78 is 5.72. The zero-order valence-corrected chi connectivity index (χ0v) is 11.8. The number of rotatable bonds is 4. The van der Waals surface area contributed by atoms with Crippen molar-refractivity contribution in [3.05, 3.63) is 64.2 Å². The lowest BCUT2D eigenvalue weighted by Crippen LogP contribution is -2.26. The lowest BCUT2D eigenvalue weighted by atomic mass is 10.2. The van der Waals surface area contributed by atoms with E-state index in [1.165, 1.54) is 18.4 Å². The van der Waals surface area contributed by atoms with Crippen molar-refractivity contribution in [1.29, 1.82) is 0 Å². The quantitative estimate of drug-likeness (QED) is 0.842. The predicted molar refractivity (Wildman–Crippen MR) is 75.9 cm³/mol. The molecule has 2 N–H and O–H groups in total. The molecule has 0 spiro atoms. The van der Waals surface area contributed by atoms with Crippen LogP contribution in [0.25, 0.3) is 6.08 Å². The highest BCUT2D eigenvalue weighted by molar-refractivity contribution is 9.10. The smallest absolute Gasteiger partial charge is 0.352 e. The van der Waals surface area contributed by atoms with Gasteiger partial charge in [0.2, 0.25) is 0 Å². The summed E-state index contributed by atoms with van der Waals surface area (Å²) in [6, 6.07) is 10.1. The Labute approximate surface area is 123 Å². The van der Waals surface area contributed by atoms with E-state index < -0.39 is 11.9 Å². The number of amides is 1. The molecule has 5 nitrogen and oxygen atoms in total. The maximum atomic E-state index is 11.8. The minimum absolute atomic E-state index is 0.0476. The molecule has 0 aliphatic rings. The normalized spacial score (nSPS) is 11.2. The second kappa shape index (κ2) is 6.21. The van der Waals surface area contributed by atoms with E-state index in [0.29, 0.717) is 5.56 Å². The fourth-order valence-electron chi connectivity index (χ4n) is 1.51. The van der Waals surface area contributed by atoms with Crippen LogP contribution in [0.1, 0.15) is 16.1 Å². The summed E-state index contributed by atoms with van der Waals surface area (Å²) in [5.74, 6) is -1.80. The van der Waals surface area contributed by atoms with Gasteiger partial charge in [-0.15, -0.1) is 0 Å². The number of carboxylic acids is 1. The van der Waals surface area contributed by atoms with Crippen molar-refractivity contribution in [3.8, 4) is 0 Å². The number of hydrogen-bond donors (Lipinski definition) is 2. The summed E-state index contributed by atoms with van der Waals surface area (Å²) in [5, 5.41) is 11.4. The molecule has 1 heterocycles. The van der Waals surface area contributed by atoms with Gasteiger partial charge in [0.05, 0.1) is 6.26 Å². The molecule has 2 rings (SSSR count). The first-order chi connectivity index (χ1) is 9.56. The molecule has 1 aromatic carbocycles. The summed E-state index contributed by atoms with van der Waals surface area (Å²) in [6.07, 6.45) is 2.71. The van der Waals surface area contributed by atoms with E-state index in [-0.39, 0.29) is 11.5 Å². The maximum absolute atomic E-state index is 11.8. The third-order valence-corrected chi connectivity index (χ3v) is 2.88. The van der Waals surface area contributed by atoms with Crippen LogP contribution in [-0.4, -0.2) is 17.0 Å². The van der Waals surface area contributed by atoms with Gasteiger partial charge in [0.1, 0.15) is 5.70 Å². The van der Waals surface area contributed by atoms with Gasteiger partial charge in [0.25, 0.3) is 5.91 Å². The summed E-state index contributed by atoms with van der Waals surface area (Å²) in [5.41, 5.74) is 0.418. The Morgan fingerprint density at radius 1 is 1.25 bits per heavy atom.